The Morgan fingerprint density at radius 2 is 2.04 bits per heavy atom. The third-order valence-corrected chi connectivity index (χ3v) is 4.79. The highest BCUT2D eigenvalue weighted by Crippen LogP contribution is 2.33. The van der Waals surface area contributed by atoms with Gasteiger partial charge >= 0.3 is 6.61 Å². The second kappa shape index (κ2) is 7.24. The molecule has 4 rings (SSSR count). The van der Waals surface area contributed by atoms with Crippen LogP contribution in [-0.2, 0) is 6.54 Å². The number of allylic oxidation sites excluding steroid dienone is 1. The van der Waals surface area contributed by atoms with E-state index < -0.39 is 6.61 Å². The SMILES string of the molecule is COc1cc(/C=C2\CCn3c2nc2cc(Cl)ccc2c3=O)ccc1OC(F)F. The number of aromatic nitrogens is 2. The fourth-order valence-electron chi connectivity index (χ4n) is 3.30. The molecule has 0 amide bonds. The lowest BCUT2D eigenvalue weighted by molar-refractivity contribution is -0.0512. The molecule has 0 spiro atoms. The first-order valence-electron chi connectivity index (χ1n) is 8.50. The van der Waals surface area contributed by atoms with Crippen LogP contribution in [0.3, 0.4) is 0 Å². The van der Waals surface area contributed by atoms with Crippen molar-refractivity contribution in [2.24, 2.45) is 0 Å². The number of methoxy groups -OCH3 is 1. The molecule has 1 aromatic heterocycles. The second-order valence-electron chi connectivity index (χ2n) is 6.26. The molecule has 0 saturated carbocycles. The van der Waals surface area contributed by atoms with Crippen molar-refractivity contribution in [1.82, 2.24) is 9.55 Å². The van der Waals surface area contributed by atoms with Crippen LogP contribution in [0.25, 0.3) is 22.6 Å². The first kappa shape index (κ1) is 18.4. The number of hydrogen-bond donors (Lipinski definition) is 0. The van der Waals surface area contributed by atoms with Crippen molar-refractivity contribution in [1.29, 1.82) is 0 Å². The lowest BCUT2D eigenvalue weighted by atomic mass is 10.1. The predicted molar refractivity (Wildman–Crippen MR) is 103 cm³/mol. The molecule has 1 aliphatic rings. The van der Waals surface area contributed by atoms with Gasteiger partial charge in [0.05, 0.1) is 18.0 Å². The maximum Gasteiger partial charge on any atom is 0.387 e. The zero-order valence-electron chi connectivity index (χ0n) is 14.8. The number of halogens is 3. The first-order valence-corrected chi connectivity index (χ1v) is 8.88. The van der Waals surface area contributed by atoms with Gasteiger partial charge in [0.15, 0.2) is 11.5 Å². The number of nitrogens with zero attached hydrogens (tertiary/aromatic N) is 2. The standard InChI is InChI=1S/C20H15ClF2N2O3/c1-27-17-9-11(2-5-16(17)28-20(22)23)8-12-6-7-25-18(12)24-15-10-13(21)3-4-14(15)19(25)26/h2-5,8-10,20H,6-7H2,1H3/b12-8+. The number of fused-ring (bicyclic) bond motifs is 2. The van der Waals surface area contributed by atoms with E-state index in [0.717, 1.165) is 11.1 Å². The molecule has 0 saturated heterocycles. The van der Waals surface area contributed by atoms with Crippen LogP contribution in [0.1, 0.15) is 17.8 Å². The van der Waals surface area contributed by atoms with Crippen LogP contribution in [-0.4, -0.2) is 23.3 Å². The monoisotopic (exact) mass is 404 g/mol. The Morgan fingerprint density at radius 3 is 2.79 bits per heavy atom. The summed E-state index contributed by atoms with van der Waals surface area (Å²) in [5.74, 6) is 0.733. The van der Waals surface area contributed by atoms with Gasteiger partial charge < -0.3 is 9.47 Å². The molecule has 5 nitrogen and oxygen atoms in total. The van der Waals surface area contributed by atoms with Gasteiger partial charge in [-0.15, -0.1) is 0 Å². The minimum Gasteiger partial charge on any atom is -0.493 e. The Labute approximate surface area is 163 Å². The summed E-state index contributed by atoms with van der Waals surface area (Å²) < 4.78 is 36.2. The largest absolute Gasteiger partial charge is 0.493 e. The van der Waals surface area contributed by atoms with E-state index in [1.807, 2.05) is 6.08 Å². The Morgan fingerprint density at radius 1 is 1.21 bits per heavy atom. The van der Waals surface area contributed by atoms with Crippen molar-refractivity contribution >= 4 is 34.2 Å². The molecule has 0 radical (unpaired) electrons. The average Bonchev–Trinajstić information content (AvgIpc) is 3.05. The molecule has 0 aliphatic carbocycles. The van der Waals surface area contributed by atoms with Crippen LogP contribution in [0.5, 0.6) is 11.5 Å². The van der Waals surface area contributed by atoms with E-state index in [2.05, 4.69) is 9.72 Å². The smallest absolute Gasteiger partial charge is 0.387 e. The van der Waals surface area contributed by atoms with Gasteiger partial charge in [-0.2, -0.15) is 8.78 Å². The minimum atomic E-state index is -2.93. The summed E-state index contributed by atoms with van der Waals surface area (Å²) in [4.78, 5) is 17.3. The molecule has 0 unspecified atom stereocenters. The zero-order valence-corrected chi connectivity index (χ0v) is 15.5. The molecule has 2 heterocycles. The van der Waals surface area contributed by atoms with E-state index >= 15 is 0 Å². The van der Waals surface area contributed by atoms with Gasteiger partial charge in [-0.25, -0.2) is 4.98 Å². The summed E-state index contributed by atoms with van der Waals surface area (Å²) in [5.41, 5.74) is 2.01. The molecule has 8 heteroatoms. The van der Waals surface area contributed by atoms with Crippen molar-refractivity contribution in [2.45, 2.75) is 19.6 Å². The van der Waals surface area contributed by atoms with Crippen molar-refractivity contribution < 1.29 is 18.3 Å². The first-order chi connectivity index (χ1) is 13.5. The van der Waals surface area contributed by atoms with E-state index in [1.165, 1.54) is 13.2 Å². The van der Waals surface area contributed by atoms with Gasteiger partial charge in [0.25, 0.3) is 5.56 Å². The molecule has 2 aromatic carbocycles. The molecular formula is C20H15ClF2N2O3. The zero-order chi connectivity index (χ0) is 19.8. The molecule has 1 aliphatic heterocycles. The summed E-state index contributed by atoms with van der Waals surface area (Å²) in [5, 5.41) is 1.02. The Balaban J connectivity index is 1.78. The fourth-order valence-corrected chi connectivity index (χ4v) is 3.46. The van der Waals surface area contributed by atoms with Gasteiger partial charge in [-0.3, -0.25) is 9.36 Å². The van der Waals surface area contributed by atoms with Gasteiger partial charge in [0.2, 0.25) is 0 Å². The van der Waals surface area contributed by atoms with Crippen molar-refractivity contribution in [3.05, 3.63) is 63.2 Å². The van der Waals surface area contributed by atoms with Crippen LogP contribution in [0.2, 0.25) is 5.02 Å². The second-order valence-corrected chi connectivity index (χ2v) is 6.70. The van der Waals surface area contributed by atoms with Gasteiger partial charge in [0, 0.05) is 11.6 Å². The Hall–Kier alpha value is -2.93. The number of rotatable bonds is 4. The molecule has 28 heavy (non-hydrogen) atoms. The van der Waals surface area contributed by atoms with Crippen LogP contribution >= 0.6 is 11.6 Å². The van der Waals surface area contributed by atoms with E-state index in [9.17, 15) is 13.6 Å². The highest BCUT2D eigenvalue weighted by atomic mass is 35.5. The number of hydrogen-bond acceptors (Lipinski definition) is 4. The van der Waals surface area contributed by atoms with E-state index in [1.54, 1.807) is 34.9 Å². The maximum atomic E-state index is 12.7. The van der Waals surface area contributed by atoms with E-state index in [-0.39, 0.29) is 17.1 Å². The summed E-state index contributed by atoms with van der Waals surface area (Å²) in [6, 6.07) is 9.67. The van der Waals surface area contributed by atoms with Crippen molar-refractivity contribution in [3.63, 3.8) is 0 Å². The summed E-state index contributed by atoms with van der Waals surface area (Å²) in [7, 11) is 1.38. The summed E-state index contributed by atoms with van der Waals surface area (Å²) in [6.45, 7) is -2.41. The van der Waals surface area contributed by atoms with E-state index in [0.29, 0.717) is 34.7 Å². The molecular weight excluding hydrogens is 390 g/mol. The minimum absolute atomic E-state index is 0.0403. The topological polar surface area (TPSA) is 53.4 Å². The molecule has 0 atom stereocenters. The van der Waals surface area contributed by atoms with Gasteiger partial charge in [-0.05, 0) is 54.0 Å². The van der Waals surface area contributed by atoms with Crippen LogP contribution < -0.4 is 15.0 Å². The highest BCUT2D eigenvalue weighted by molar-refractivity contribution is 6.31. The summed E-state index contributed by atoms with van der Waals surface area (Å²) >= 11 is 6.03. The van der Waals surface area contributed by atoms with Crippen molar-refractivity contribution in [3.8, 4) is 11.5 Å². The number of benzene rings is 2. The van der Waals surface area contributed by atoms with Crippen LogP contribution in [0, 0.1) is 0 Å². The molecule has 0 bridgehead atoms. The molecule has 0 N–H and O–H groups in total. The third-order valence-electron chi connectivity index (χ3n) is 4.55. The quantitative estimate of drug-likeness (QED) is 0.637. The number of alkyl halides is 2. The average molecular weight is 405 g/mol. The molecule has 3 aromatic rings. The Kier molecular flexibility index (Phi) is 4.77. The highest BCUT2D eigenvalue weighted by Gasteiger charge is 2.21. The number of ether oxygens (including phenoxy) is 2. The van der Waals surface area contributed by atoms with Crippen molar-refractivity contribution in [2.75, 3.05) is 7.11 Å². The van der Waals surface area contributed by atoms with Crippen LogP contribution in [0.4, 0.5) is 8.78 Å². The maximum absolute atomic E-state index is 12.7. The Bertz CT molecular complexity index is 1160. The lowest BCUT2D eigenvalue weighted by Crippen LogP contribution is -2.20. The summed E-state index contributed by atoms with van der Waals surface area (Å²) in [6.07, 6.45) is 2.49. The van der Waals surface area contributed by atoms with Crippen LogP contribution in [0.15, 0.2) is 41.2 Å². The third kappa shape index (κ3) is 3.33. The van der Waals surface area contributed by atoms with E-state index in [4.69, 9.17) is 16.3 Å². The normalized spacial score (nSPS) is 14.7. The fraction of sp³-hybridized carbons (Fsp3) is 0.200. The molecule has 0 fully saturated rings. The van der Waals surface area contributed by atoms with Gasteiger partial charge in [-0.1, -0.05) is 17.7 Å². The molecule has 144 valence electrons. The lowest BCUT2D eigenvalue weighted by Gasteiger charge is -2.10. The predicted octanol–water partition coefficient (Wildman–Crippen LogP) is 4.60. The van der Waals surface area contributed by atoms with Gasteiger partial charge in [0.1, 0.15) is 5.82 Å².